The first kappa shape index (κ1) is 23.1. The lowest BCUT2D eigenvalue weighted by Gasteiger charge is -2.33. The summed E-state index contributed by atoms with van der Waals surface area (Å²) in [7, 11) is -1.77. The fraction of sp³-hybridized carbons (Fsp3) is 0.290. The van der Waals surface area contributed by atoms with Gasteiger partial charge in [-0.1, -0.05) is 60.7 Å². The third-order valence-corrected chi connectivity index (χ3v) is 7.92. The molecule has 4 aromatic rings. The monoisotopic (exact) mass is 495 g/mol. The van der Waals surface area contributed by atoms with Crippen molar-refractivity contribution in [1.29, 1.82) is 0 Å². The molecule has 184 valence electrons. The molecule has 0 radical (unpaired) electrons. The SMILES string of the molecule is C[Si](C)(C)OC1(c2cc3cc4c(cc3cc2N(Cc2ccccc2)Cc2ccccc2)OCO4)CC1. The smallest absolute Gasteiger partial charge is 0.231 e. The second-order valence-corrected chi connectivity index (χ2v) is 15.4. The molecule has 36 heavy (non-hydrogen) atoms. The topological polar surface area (TPSA) is 30.9 Å². The molecule has 5 heteroatoms. The minimum absolute atomic E-state index is 0.212. The molecule has 1 aliphatic carbocycles. The molecule has 0 spiro atoms. The first-order chi connectivity index (χ1) is 17.4. The van der Waals surface area contributed by atoms with Crippen LogP contribution in [0.1, 0.15) is 29.5 Å². The summed E-state index contributed by atoms with van der Waals surface area (Å²) in [6.07, 6.45) is 2.12. The molecule has 1 aliphatic heterocycles. The van der Waals surface area contributed by atoms with Gasteiger partial charge in [0.15, 0.2) is 19.8 Å². The molecule has 4 nitrogen and oxygen atoms in total. The molecular formula is C31H33NO3Si. The van der Waals surface area contributed by atoms with Gasteiger partial charge in [0.05, 0.1) is 5.60 Å². The van der Waals surface area contributed by atoms with Gasteiger partial charge in [-0.25, -0.2) is 0 Å². The van der Waals surface area contributed by atoms with Crippen molar-refractivity contribution in [2.75, 3.05) is 11.7 Å². The Labute approximate surface area is 214 Å². The zero-order chi connectivity index (χ0) is 24.8. The molecule has 4 aromatic carbocycles. The van der Waals surface area contributed by atoms with Crippen molar-refractivity contribution in [3.05, 3.63) is 102 Å². The van der Waals surface area contributed by atoms with Gasteiger partial charge in [-0.15, -0.1) is 0 Å². The van der Waals surface area contributed by atoms with Gasteiger partial charge in [0.1, 0.15) is 0 Å². The van der Waals surface area contributed by atoms with Crippen LogP contribution < -0.4 is 14.4 Å². The van der Waals surface area contributed by atoms with Crippen molar-refractivity contribution in [3.8, 4) is 11.5 Å². The normalized spacial score (nSPS) is 15.8. The molecule has 1 saturated carbocycles. The van der Waals surface area contributed by atoms with Gasteiger partial charge in [0.2, 0.25) is 6.79 Å². The molecule has 0 unspecified atom stereocenters. The van der Waals surface area contributed by atoms with E-state index in [1.165, 1.54) is 27.8 Å². The number of hydrogen-bond acceptors (Lipinski definition) is 4. The Balaban J connectivity index is 1.52. The fourth-order valence-electron chi connectivity index (χ4n) is 5.26. The van der Waals surface area contributed by atoms with Gasteiger partial charge in [-0.3, -0.25) is 0 Å². The molecule has 0 aromatic heterocycles. The van der Waals surface area contributed by atoms with E-state index in [-0.39, 0.29) is 12.4 Å². The summed E-state index contributed by atoms with van der Waals surface area (Å²) >= 11 is 0. The van der Waals surface area contributed by atoms with Crippen molar-refractivity contribution >= 4 is 24.8 Å². The van der Waals surface area contributed by atoms with Gasteiger partial charge in [-0.05, 0) is 78.6 Å². The summed E-state index contributed by atoms with van der Waals surface area (Å²) < 4.78 is 18.3. The Hall–Kier alpha value is -3.28. The van der Waals surface area contributed by atoms with Gasteiger partial charge in [0.25, 0.3) is 0 Å². The highest BCUT2D eigenvalue weighted by molar-refractivity contribution is 6.69. The second kappa shape index (κ2) is 8.98. The van der Waals surface area contributed by atoms with Crippen LogP contribution in [0.5, 0.6) is 11.5 Å². The minimum atomic E-state index is -1.77. The molecule has 0 N–H and O–H groups in total. The van der Waals surface area contributed by atoms with Crippen LogP contribution >= 0.6 is 0 Å². The fourth-order valence-corrected chi connectivity index (χ4v) is 6.75. The molecule has 1 heterocycles. The quantitative estimate of drug-likeness (QED) is 0.235. The molecule has 1 fully saturated rings. The van der Waals surface area contributed by atoms with Gasteiger partial charge in [-0.2, -0.15) is 0 Å². The van der Waals surface area contributed by atoms with E-state index in [0.717, 1.165) is 42.8 Å². The van der Waals surface area contributed by atoms with Crippen LogP contribution in [-0.4, -0.2) is 15.1 Å². The Morgan fingerprint density at radius 1 is 0.750 bits per heavy atom. The number of benzene rings is 4. The molecule has 2 aliphatic rings. The zero-order valence-electron chi connectivity index (χ0n) is 21.3. The molecule has 0 saturated heterocycles. The highest BCUT2D eigenvalue weighted by Crippen LogP contribution is 2.55. The standard InChI is InChI=1S/C31H33NO3Si/c1-36(2,3)35-31(14-15-31)27-16-25-18-29-30(34-22-33-29)19-26(25)17-28(27)32(20-23-10-6-4-7-11-23)21-24-12-8-5-9-13-24/h4-13,16-19H,14-15,20-22H2,1-3H3. The van der Waals surface area contributed by atoms with Gasteiger partial charge >= 0.3 is 0 Å². The van der Waals surface area contributed by atoms with Crippen LogP contribution in [0.25, 0.3) is 10.8 Å². The highest BCUT2D eigenvalue weighted by Gasteiger charge is 2.50. The summed E-state index contributed by atoms with van der Waals surface area (Å²) in [6.45, 7) is 8.79. The van der Waals surface area contributed by atoms with Crippen molar-refractivity contribution in [2.24, 2.45) is 0 Å². The first-order valence-corrected chi connectivity index (χ1v) is 16.2. The third-order valence-electron chi connectivity index (χ3n) is 6.92. The van der Waals surface area contributed by atoms with Crippen molar-refractivity contribution < 1.29 is 13.9 Å². The average Bonchev–Trinajstić information content (AvgIpc) is 3.48. The van der Waals surface area contributed by atoms with Crippen molar-refractivity contribution in [3.63, 3.8) is 0 Å². The molecule has 0 bridgehead atoms. The van der Waals surface area contributed by atoms with E-state index in [1.54, 1.807) is 0 Å². The maximum atomic E-state index is 6.91. The molecular weight excluding hydrogens is 462 g/mol. The lowest BCUT2D eigenvalue weighted by Crippen LogP contribution is -2.33. The Morgan fingerprint density at radius 3 is 1.78 bits per heavy atom. The van der Waals surface area contributed by atoms with E-state index < -0.39 is 8.32 Å². The lowest BCUT2D eigenvalue weighted by atomic mass is 9.97. The predicted molar refractivity (Wildman–Crippen MR) is 148 cm³/mol. The van der Waals surface area contributed by atoms with E-state index in [2.05, 4.69) is 109 Å². The molecule has 0 atom stereocenters. The number of hydrogen-bond donors (Lipinski definition) is 0. The summed E-state index contributed by atoms with van der Waals surface area (Å²) in [5.74, 6) is 1.64. The summed E-state index contributed by atoms with van der Waals surface area (Å²) in [5.41, 5.74) is 4.91. The average molecular weight is 496 g/mol. The second-order valence-electron chi connectivity index (χ2n) is 11.0. The van der Waals surface area contributed by atoms with Crippen LogP contribution in [0.4, 0.5) is 5.69 Å². The number of ether oxygens (including phenoxy) is 2. The van der Waals surface area contributed by atoms with Crippen molar-refractivity contribution in [1.82, 2.24) is 0 Å². The van der Waals surface area contributed by atoms with Gasteiger partial charge < -0.3 is 18.8 Å². The summed E-state index contributed by atoms with van der Waals surface area (Å²) in [4.78, 5) is 2.51. The van der Waals surface area contributed by atoms with Crippen LogP contribution in [0.3, 0.4) is 0 Å². The van der Waals surface area contributed by atoms with Crippen LogP contribution in [-0.2, 0) is 23.1 Å². The number of nitrogens with zero attached hydrogens (tertiary/aromatic N) is 1. The summed E-state index contributed by atoms with van der Waals surface area (Å²) in [5, 5.41) is 2.33. The number of rotatable bonds is 8. The summed E-state index contributed by atoms with van der Waals surface area (Å²) in [6, 6.07) is 30.4. The van der Waals surface area contributed by atoms with E-state index in [4.69, 9.17) is 13.9 Å². The molecule has 6 rings (SSSR count). The first-order valence-electron chi connectivity index (χ1n) is 12.8. The van der Waals surface area contributed by atoms with Crippen LogP contribution in [0, 0.1) is 0 Å². The molecule has 0 amide bonds. The maximum absolute atomic E-state index is 6.91. The number of anilines is 1. The predicted octanol–water partition coefficient (Wildman–Crippen LogP) is 7.62. The van der Waals surface area contributed by atoms with E-state index in [0.29, 0.717) is 0 Å². The lowest BCUT2D eigenvalue weighted by molar-refractivity contribution is 0.173. The van der Waals surface area contributed by atoms with Crippen LogP contribution in [0.15, 0.2) is 84.9 Å². The number of fused-ring (bicyclic) bond motifs is 2. The Bertz CT molecular complexity index is 1340. The third kappa shape index (κ3) is 4.73. The zero-order valence-corrected chi connectivity index (χ0v) is 22.3. The van der Waals surface area contributed by atoms with Gasteiger partial charge in [0, 0.05) is 24.3 Å². The Kier molecular flexibility index (Phi) is 5.77. The Morgan fingerprint density at radius 2 is 1.28 bits per heavy atom. The van der Waals surface area contributed by atoms with Crippen molar-refractivity contribution in [2.45, 2.75) is 51.2 Å². The van der Waals surface area contributed by atoms with E-state index >= 15 is 0 Å². The van der Waals surface area contributed by atoms with E-state index in [9.17, 15) is 0 Å². The van der Waals surface area contributed by atoms with E-state index in [1.807, 2.05) is 0 Å². The highest BCUT2D eigenvalue weighted by atomic mass is 28.4. The minimum Gasteiger partial charge on any atom is -0.454 e. The largest absolute Gasteiger partial charge is 0.454 e. The van der Waals surface area contributed by atoms with Crippen LogP contribution in [0.2, 0.25) is 19.6 Å². The maximum Gasteiger partial charge on any atom is 0.231 e.